The van der Waals surface area contributed by atoms with Gasteiger partial charge in [0.25, 0.3) is 0 Å². The summed E-state index contributed by atoms with van der Waals surface area (Å²) in [5.74, 6) is -4.98. The molecule has 6 atom stereocenters. The lowest BCUT2D eigenvalue weighted by Gasteiger charge is -2.43. The van der Waals surface area contributed by atoms with Crippen molar-refractivity contribution in [3.63, 3.8) is 0 Å². The van der Waals surface area contributed by atoms with Crippen LogP contribution in [0.2, 0.25) is 0 Å². The van der Waals surface area contributed by atoms with Gasteiger partial charge in [-0.3, -0.25) is 28.3 Å². The largest absolute Gasteiger partial charge is 0.507 e. The number of ether oxygens (including phenoxy) is 3. The number of phenols is 2. The van der Waals surface area contributed by atoms with E-state index in [0.29, 0.717) is 0 Å². The minimum Gasteiger partial charge on any atom is -0.507 e. The summed E-state index contributed by atoms with van der Waals surface area (Å²) >= 11 is 0. The first-order chi connectivity index (χ1) is 28.4. The number of hydrogen-bond donors (Lipinski definition) is 6. The van der Waals surface area contributed by atoms with Gasteiger partial charge in [-0.1, -0.05) is 12.1 Å². The molecule has 1 heterocycles. The number of ketones is 3. The molecule has 21 heteroatoms. The molecule has 2 aromatic carbocycles. The van der Waals surface area contributed by atoms with E-state index in [1.165, 1.54) is 32.2 Å². The summed E-state index contributed by atoms with van der Waals surface area (Å²) < 4.78 is 67.4. The van der Waals surface area contributed by atoms with Gasteiger partial charge in [0, 0.05) is 42.4 Å². The van der Waals surface area contributed by atoms with Crippen molar-refractivity contribution < 1.29 is 86.1 Å². The van der Waals surface area contributed by atoms with Crippen LogP contribution in [-0.2, 0) is 52.7 Å². The van der Waals surface area contributed by atoms with Crippen LogP contribution in [0.25, 0.3) is 0 Å². The molecule has 2 aromatic rings. The summed E-state index contributed by atoms with van der Waals surface area (Å²) in [6.45, 7) is 6.36. The minimum atomic E-state index is -4.18. The average molecular weight is 886 g/mol. The summed E-state index contributed by atoms with van der Waals surface area (Å²) in [5, 5.41) is 57.2. The number of fused-ring (bicyclic) bond motifs is 3. The molecule has 332 valence electrons. The third-order valence-corrected chi connectivity index (χ3v) is 16.8. The molecule has 0 saturated carbocycles. The van der Waals surface area contributed by atoms with E-state index < -0.39 is 129 Å². The molecule has 3 aliphatic rings. The number of aliphatic hydroxyl groups is 3. The van der Waals surface area contributed by atoms with Gasteiger partial charge in [-0.2, -0.15) is 0 Å². The number of carbonyl (C=O) groups is 4. The van der Waals surface area contributed by atoms with Crippen molar-refractivity contribution in [1.82, 2.24) is 5.32 Å². The predicted octanol–water partition coefficient (Wildman–Crippen LogP) is 3.80. The third-order valence-electron chi connectivity index (χ3n) is 10.7. The zero-order chi connectivity index (χ0) is 44.3. The Morgan fingerprint density at radius 2 is 1.52 bits per heavy atom. The summed E-state index contributed by atoms with van der Waals surface area (Å²) in [6.07, 6.45) is -7.57. The molecule has 19 nitrogen and oxygen atoms in total. The van der Waals surface area contributed by atoms with E-state index in [1.54, 1.807) is 27.7 Å². The van der Waals surface area contributed by atoms with E-state index in [4.69, 9.17) is 32.3 Å². The smallest absolute Gasteiger partial charge is 0.345 e. The molecule has 60 heavy (non-hydrogen) atoms. The zero-order valence-corrected chi connectivity index (χ0v) is 36.0. The number of benzene rings is 2. The SMILES string of the molecule is CCOP(=O)(OCC)C(CCC(=O)N[C@@H]1C[C@H](O[C@H]2C[C@](O)(C(=O)CO)Cc3c(O)c4c(c(O)c32)C(=O)c2c(OC)cccc2C4=O)O[C@@H](C)[C@H]1O)P(=O)(OCC)OCC. The Kier molecular flexibility index (Phi) is 15.2. The van der Waals surface area contributed by atoms with E-state index >= 15 is 0 Å². The van der Waals surface area contributed by atoms with Crippen LogP contribution in [-0.4, -0.2) is 124 Å². The van der Waals surface area contributed by atoms with Crippen molar-refractivity contribution in [3.05, 3.63) is 51.6 Å². The van der Waals surface area contributed by atoms with Crippen LogP contribution < -0.4 is 10.1 Å². The van der Waals surface area contributed by atoms with Crippen LogP contribution in [0, 0.1) is 0 Å². The molecular formula is C39H53NO18P2. The second-order valence-electron chi connectivity index (χ2n) is 14.4. The molecule has 1 amide bonds. The third kappa shape index (κ3) is 8.99. The maximum absolute atomic E-state index is 14.0. The fraction of sp³-hybridized carbons (Fsp3) is 0.590. The van der Waals surface area contributed by atoms with Crippen molar-refractivity contribution in [3.8, 4) is 17.2 Å². The van der Waals surface area contributed by atoms with Gasteiger partial charge < -0.3 is 63.2 Å². The fourth-order valence-electron chi connectivity index (χ4n) is 8.03. The first-order valence-electron chi connectivity index (χ1n) is 19.7. The van der Waals surface area contributed by atoms with E-state index in [1.807, 2.05) is 0 Å². The van der Waals surface area contributed by atoms with Crippen molar-refractivity contribution in [2.24, 2.45) is 0 Å². The Hall–Kier alpha value is -3.58. The van der Waals surface area contributed by atoms with Crippen LogP contribution in [0.15, 0.2) is 18.2 Å². The first-order valence-corrected chi connectivity index (χ1v) is 22.9. The Labute approximate surface area is 346 Å². The van der Waals surface area contributed by atoms with Gasteiger partial charge in [0.05, 0.1) is 68.5 Å². The van der Waals surface area contributed by atoms with Crippen molar-refractivity contribution in [2.75, 3.05) is 40.1 Å². The number of aliphatic hydroxyl groups excluding tert-OH is 2. The molecule has 0 radical (unpaired) electrons. The Bertz CT molecular complexity index is 2030. The van der Waals surface area contributed by atoms with Gasteiger partial charge in [-0.15, -0.1) is 0 Å². The molecular weight excluding hydrogens is 832 g/mol. The lowest BCUT2D eigenvalue weighted by Crippen LogP contribution is -2.56. The number of nitrogens with one attached hydrogen (secondary N) is 1. The van der Waals surface area contributed by atoms with Crippen molar-refractivity contribution in [2.45, 2.75) is 108 Å². The second-order valence-corrected chi connectivity index (χ2v) is 19.3. The minimum absolute atomic E-state index is 0.0331. The topological polar surface area (TPSA) is 280 Å². The lowest BCUT2D eigenvalue weighted by atomic mass is 9.72. The van der Waals surface area contributed by atoms with Crippen LogP contribution >= 0.6 is 15.2 Å². The standard InChI is InChI=1S/C39H53NO18P2/c1-7-53-59(50,54-8-2)29(60(51,55-9-3)56-10-4)15-14-27(43)40-23-16-28(57-20(5)34(23)44)58-25-18-39(49,26(42)19-41)17-22-31(25)38(48)33-32(36(22)46)35(45)21-12-11-13-24(52-6)30(21)37(33)47/h11-13,20,23,25,28-29,34,41,44,46,48-49H,7-10,14-19H2,1-6H3,(H,40,43)/t20-,23+,25-,28-,34+,39-/m0/s1. The van der Waals surface area contributed by atoms with Gasteiger partial charge in [-0.25, -0.2) is 0 Å². The summed E-state index contributed by atoms with van der Waals surface area (Å²) in [6, 6.07) is 3.17. The Morgan fingerprint density at radius 3 is 2.07 bits per heavy atom. The summed E-state index contributed by atoms with van der Waals surface area (Å²) in [5.41, 5.74) is -4.34. The quantitative estimate of drug-likeness (QED) is 0.0737. The maximum Gasteiger partial charge on any atom is 0.345 e. The van der Waals surface area contributed by atoms with Gasteiger partial charge in [0.2, 0.25) is 11.7 Å². The lowest BCUT2D eigenvalue weighted by molar-refractivity contribution is -0.249. The number of phenolic OH excluding ortho intramolecular Hbond substituents is 2. The molecule has 6 N–H and O–H groups in total. The van der Waals surface area contributed by atoms with Crippen LogP contribution in [0.5, 0.6) is 17.2 Å². The number of hydrogen-bond acceptors (Lipinski definition) is 18. The number of amides is 1. The molecule has 0 unspecified atom stereocenters. The van der Waals surface area contributed by atoms with Gasteiger partial charge in [0.1, 0.15) is 35.6 Å². The number of Topliss-reactive ketones (excluding diaryl/α,β-unsaturated/α-hetero) is 1. The molecule has 1 saturated heterocycles. The van der Waals surface area contributed by atoms with Gasteiger partial charge >= 0.3 is 15.2 Å². The monoisotopic (exact) mass is 885 g/mol. The van der Waals surface area contributed by atoms with Gasteiger partial charge in [0.15, 0.2) is 23.3 Å². The highest BCUT2D eigenvalue weighted by Crippen LogP contribution is 2.71. The number of rotatable bonds is 19. The molecule has 0 spiro atoms. The number of methoxy groups -OCH3 is 1. The van der Waals surface area contributed by atoms with Crippen molar-refractivity contribution >= 4 is 38.4 Å². The number of carbonyl (C=O) groups excluding carboxylic acids is 4. The van der Waals surface area contributed by atoms with E-state index in [-0.39, 0.29) is 67.3 Å². The first kappa shape index (κ1) is 47.5. The molecule has 0 aromatic heterocycles. The predicted molar refractivity (Wildman–Crippen MR) is 210 cm³/mol. The van der Waals surface area contributed by atoms with Crippen molar-refractivity contribution in [1.29, 1.82) is 0 Å². The molecule has 5 rings (SSSR count). The molecule has 0 bridgehead atoms. The summed E-state index contributed by atoms with van der Waals surface area (Å²) in [7, 11) is -7.07. The maximum atomic E-state index is 14.0. The molecule has 2 aliphatic carbocycles. The summed E-state index contributed by atoms with van der Waals surface area (Å²) in [4.78, 5) is 54.4. The molecule has 1 fully saturated rings. The normalized spacial score (nSPS) is 24.1. The van der Waals surface area contributed by atoms with Crippen LogP contribution in [0.3, 0.4) is 0 Å². The average Bonchev–Trinajstić information content (AvgIpc) is 3.19. The second kappa shape index (κ2) is 19.2. The van der Waals surface area contributed by atoms with E-state index in [9.17, 15) is 53.8 Å². The van der Waals surface area contributed by atoms with Crippen LogP contribution in [0.1, 0.15) is 109 Å². The molecule has 1 aliphatic heterocycles. The highest BCUT2D eigenvalue weighted by atomic mass is 31.2. The van der Waals surface area contributed by atoms with Gasteiger partial charge in [-0.05, 0) is 47.1 Å². The number of aromatic hydroxyl groups is 2. The fourth-order valence-corrected chi connectivity index (χ4v) is 13.4. The van der Waals surface area contributed by atoms with E-state index in [2.05, 4.69) is 5.32 Å². The zero-order valence-electron chi connectivity index (χ0n) is 34.2. The highest BCUT2D eigenvalue weighted by Gasteiger charge is 2.52. The van der Waals surface area contributed by atoms with E-state index in [0.717, 1.165) is 0 Å². The Balaban J connectivity index is 1.46. The van der Waals surface area contributed by atoms with Crippen LogP contribution in [0.4, 0.5) is 0 Å². The highest BCUT2D eigenvalue weighted by molar-refractivity contribution is 7.72. The Morgan fingerprint density at radius 1 is 0.933 bits per heavy atom.